The second-order valence-electron chi connectivity index (χ2n) is 14.1. The third-order valence-corrected chi connectivity index (χ3v) is 11.2. The van der Waals surface area contributed by atoms with Gasteiger partial charge in [0.2, 0.25) is 5.95 Å². The van der Waals surface area contributed by atoms with Crippen molar-refractivity contribution < 1.29 is 4.42 Å². The predicted molar refractivity (Wildman–Crippen MR) is 225 cm³/mol. The lowest BCUT2D eigenvalue weighted by Gasteiger charge is -2.15. The Morgan fingerprint density at radius 2 is 1.07 bits per heavy atom. The average Bonchev–Trinajstić information content (AvgIpc) is 3.78. The molecule has 0 bridgehead atoms. The molecule has 12 rings (SSSR count). The van der Waals surface area contributed by atoms with Gasteiger partial charge in [0.25, 0.3) is 0 Å². The molecule has 3 heterocycles. The van der Waals surface area contributed by atoms with Crippen molar-refractivity contribution in [3.63, 3.8) is 0 Å². The van der Waals surface area contributed by atoms with Crippen LogP contribution in [0.25, 0.3) is 115 Å². The zero-order chi connectivity index (χ0) is 35.3. The maximum Gasteiger partial charge on any atom is 0.235 e. The van der Waals surface area contributed by atoms with Crippen LogP contribution in [0, 0.1) is 0 Å². The van der Waals surface area contributed by atoms with Gasteiger partial charge in [0, 0.05) is 49.0 Å². The molecule has 0 fully saturated rings. The molecule has 0 aliphatic heterocycles. The van der Waals surface area contributed by atoms with Gasteiger partial charge in [-0.2, -0.15) is 0 Å². The zero-order valence-corrected chi connectivity index (χ0v) is 29.0. The molecule has 0 radical (unpaired) electrons. The smallest absolute Gasteiger partial charge is 0.235 e. The van der Waals surface area contributed by atoms with Crippen LogP contribution in [-0.2, 0) is 0 Å². The first kappa shape index (κ1) is 29.3. The van der Waals surface area contributed by atoms with Crippen LogP contribution in [-0.4, -0.2) is 14.5 Å². The van der Waals surface area contributed by atoms with Gasteiger partial charge in [0.15, 0.2) is 0 Å². The van der Waals surface area contributed by atoms with Crippen LogP contribution in [0.3, 0.4) is 0 Å². The largest absolute Gasteiger partial charge is 0.455 e. The summed E-state index contributed by atoms with van der Waals surface area (Å²) in [6.07, 6.45) is 0. The third kappa shape index (κ3) is 4.13. The molecular weight excluding hydrogens is 659 g/mol. The normalized spacial score (nSPS) is 12.1. The monoisotopic (exact) mass is 687 g/mol. The van der Waals surface area contributed by atoms with Crippen molar-refractivity contribution in [3.05, 3.63) is 176 Å². The molecule has 0 atom stereocenters. The summed E-state index contributed by atoms with van der Waals surface area (Å²) >= 11 is 0. The highest BCUT2D eigenvalue weighted by atomic mass is 16.3. The summed E-state index contributed by atoms with van der Waals surface area (Å²) in [5.74, 6) is 0.628. The maximum absolute atomic E-state index is 6.82. The molecule has 0 aliphatic carbocycles. The predicted octanol–water partition coefficient (Wildman–Crippen LogP) is 13.4. The highest BCUT2D eigenvalue weighted by Gasteiger charge is 2.23. The molecule has 0 unspecified atom stereocenters. The maximum atomic E-state index is 6.82. The molecular formula is C50H29N3O. The summed E-state index contributed by atoms with van der Waals surface area (Å²) in [6, 6.07) is 62.4. The Hall–Kier alpha value is -7.30. The molecule has 0 saturated carbocycles. The fourth-order valence-electron chi connectivity index (χ4n) is 8.72. The molecule has 0 spiro atoms. The van der Waals surface area contributed by atoms with Gasteiger partial charge in [-0.3, -0.25) is 4.57 Å². The highest BCUT2D eigenvalue weighted by molar-refractivity contribution is 6.23. The molecule has 9 aromatic carbocycles. The Kier molecular flexibility index (Phi) is 6.02. The molecule has 0 amide bonds. The van der Waals surface area contributed by atoms with Crippen molar-refractivity contribution in [2.24, 2.45) is 0 Å². The minimum atomic E-state index is 0.628. The van der Waals surface area contributed by atoms with Gasteiger partial charge in [-0.25, -0.2) is 9.97 Å². The molecule has 250 valence electrons. The van der Waals surface area contributed by atoms with E-state index in [-0.39, 0.29) is 0 Å². The zero-order valence-electron chi connectivity index (χ0n) is 29.0. The minimum Gasteiger partial charge on any atom is -0.455 e. The molecule has 54 heavy (non-hydrogen) atoms. The van der Waals surface area contributed by atoms with E-state index >= 15 is 0 Å². The van der Waals surface area contributed by atoms with E-state index in [1.807, 2.05) is 0 Å². The molecule has 0 saturated heterocycles. The SMILES string of the molecule is c1ccc(-c2nc(-n3c4cc5ccccc5cc4c4cccc(-c5cccc6c5oc5ccc7ccccc7c56)c43)nc3c2ccc2ccccc23)cc1. The minimum absolute atomic E-state index is 0.628. The van der Waals surface area contributed by atoms with Gasteiger partial charge in [-0.1, -0.05) is 152 Å². The number of aromatic nitrogens is 3. The molecule has 4 heteroatoms. The summed E-state index contributed by atoms with van der Waals surface area (Å²) in [5, 5.41) is 12.5. The third-order valence-electron chi connectivity index (χ3n) is 11.2. The highest BCUT2D eigenvalue weighted by Crippen LogP contribution is 2.44. The van der Waals surface area contributed by atoms with E-state index in [0.29, 0.717) is 5.95 Å². The summed E-state index contributed by atoms with van der Waals surface area (Å²) in [5.41, 5.74) is 8.81. The number of furan rings is 1. The molecule has 4 nitrogen and oxygen atoms in total. The number of rotatable bonds is 3. The van der Waals surface area contributed by atoms with E-state index in [1.165, 1.54) is 16.2 Å². The second-order valence-corrected chi connectivity index (χ2v) is 14.1. The van der Waals surface area contributed by atoms with E-state index in [1.54, 1.807) is 0 Å². The van der Waals surface area contributed by atoms with Gasteiger partial charge in [-0.15, -0.1) is 0 Å². The van der Waals surface area contributed by atoms with Gasteiger partial charge < -0.3 is 4.42 Å². The molecule has 0 N–H and O–H groups in total. The number of hydrogen-bond donors (Lipinski definition) is 0. The van der Waals surface area contributed by atoms with Crippen molar-refractivity contribution in [3.8, 4) is 28.3 Å². The van der Waals surface area contributed by atoms with E-state index in [0.717, 1.165) is 93.2 Å². The number of fused-ring (bicyclic) bond motifs is 12. The fourth-order valence-corrected chi connectivity index (χ4v) is 8.72. The van der Waals surface area contributed by atoms with Crippen molar-refractivity contribution in [2.45, 2.75) is 0 Å². The van der Waals surface area contributed by atoms with E-state index in [2.05, 4.69) is 180 Å². The fraction of sp³-hybridized carbons (Fsp3) is 0. The van der Waals surface area contributed by atoms with Crippen LogP contribution in [0.4, 0.5) is 0 Å². The Morgan fingerprint density at radius 3 is 1.91 bits per heavy atom. The lowest BCUT2D eigenvalue weighted by molar-refractivity contribution is 0.670. The summed E-state index contributed by atoms with van der Waals surface area (Å²) in [4.78, 5) is 11.0. The second kappa shape index (κ2) is 11.1. The Morgan fingerprint density at radius 1 is 0.426 bits per heavy atom. The van der Waals surface area contributed by atoms with Crippen LogP contribution in [0.5, 0.6) is 0 Å². The van der Waals surface area contributed by atoms with Crippen molar-refractivity contribution in [1.82, 2.24) is 14.5 Å². The Bertz CT molecular complexity index is 3500. The topological polar surface area (TPSA) is 43.9 Å². The van der Waals surface area contributed by atoms with Crippen molar-refractivity contribution >= 4 is 87.0 Å². The Labute approximate surface area is 309 Å². The van der Waals surface area contributed by atoms with E-state index in [4.69, 9.17) is 14.4 Å². The van der Waals surface area contributed by atoms with Gasteiger partial charge in [-0.05, 0) is 51.2 Å². The summed E-state index contributed by atoms with van der Waals surface area (Å²) in [7, 11) is 0. The van der Waals surface area contributed by atoms with Gasteiger partial charge in [0.1, 0.15) is 11.2 Å². The first-order valence-electron chi connectivity index (χ1n) is 18.3. The van der Waals surface area contributed by atoms with Crippen LogP contribution < -0.4 is 0 Å². The van der Waals surface area contributed by atoms with Crippen LogP contribution >= 0.6 is 0 Å². The lowest BCUT2D eigenvalue weighted by Crippen LogP contribution is -2.04. The van der Waals surface area contributed by atoms with Crippen LogP contribution in [0.1, 0.15) is 0 Å². The summed E-state index contributed by atoms with van der Waals surface area (Å²) < 4.78 is 9.11. The first-order chi connectivity index (χ1) is 26.8. The number of para-hydroxylation sites is 2. The number of benzene rings is 9. The van der Waals surface area contributed by atoms with Crippen LogP contribution in [0.2, 0.25) is 0 Å². The van der Waals surface area contributed by atoms with Crippen LogP contribution in [0.15, 0.2) is 180 Å². The molecule has 12 aromatic rings. The first-order valence-corrected chi connectivity index (χ1v) is 18.3. The quantitative estimate of drug-likeness (QED) is 0.174. The van der Waals surface area contributed by atoms with Crippen molar-refractivity contribution in [2.75, 3.05) is 0 Å². The summed E-state index contributed by atoms with van der Waals surface area (Å²) in [6.45, 7) is 0. The van der Waals surface area contributed by atoms with Gasteiger partial charge >= 0.3 is 0 Å². The number of hydrogen-bond acceptors (Lipinski definition) is 3. The van der Waals surface area contributed by atoms with E-state index < -0.39 is 0 Å². The molecule has 3 aromatic heterocycles. The lowest BCUT2D eigenvalue weighted by atomic mass is 9.98. The van der Waals surface area contributed by atoms with Gasteiger partial charge in [0.05, 0.1) is 22.2 Å². The van der Waals surface area contributed by atoms with Crippen molar-refractivity contribution in [1.29, 1.82) is 0 Å². The Balaban J connectivity index is 1.25. The standard InChI is InChI=1S/C50H29N3O/c1-2-14-32(15-3-1)46-41-26-24-31-13-7-9-19-36(31)47(41)52-50(51-46)53-43-29-34-17-5-4-16-33(34)28-42(43)38-21-10-20-37(48(38)53)39-22-11-23-40-45-35-18-8-6-12-30(35)25-27-44(45)54-49(39)40/h1-29H. The molecule has 0 aliphatic rings. The number of nitrogens with zero attached hydrogens (tertiary/aromatic N) is 3. The van der Waals surface area contributed by atoms with E-state index in [9.17, 15) is 0 Å². The average molecular weight is 688 g/mol.